The molecule has 0 aromatic heterocycles. The number of rotatable bonds is 72. The summed E-state index contributed by atoms with van der Waals surface area (Å²) in [4.78, 5) is 24.7. The first-order chi connectivity index (χ1) is 45.6. The van der Waals surface area contributed by atoms with Crippen LogP contribution in [0.1, 0.15) is 373 Å². The summed E-state index contributed by atoms with van der Waals surface area (Å²) in [6.07, 6.45) is 122. The van der Waals surface area contributed by atoms with Crippen molar-refractivity contribution in [3.8, 4) is 0 Å². The van der Waals surface area contributed by atoms with Crippen LogP contribution < -0.4 is 0 Å². The Balaban J connectivity index is 3.49. The number of allylic oxidation sites excluding steroid dienone is 24. The molecule has 1 N–H and O–H groups in total. The van der Waals surface area contributed by atoms with Crippen LogP contribution in [-0.4, -0.2) is 36.4 Å². The largest absolute Gasteiger partial charge is 0.462 e. The maximum absolute atomic E-state index is 12.4. The van der Waals surface area contributed by atoms with Crippen LogP contribution in [0.3, 0.4) is 0 Å². The number of esters is 2. The molecule has 0 aliphatic carbocycles. The Morgan fingerprint density at radius 3 is 0.707 bits per heavy atom. The fourth-order valence-corrected chi connectivity index (χ4v) is 11.3. The average molecular weight is 1270 g/mol. The van der Waals surface area contributed by atoms with Crippen molar-refractivity contribution in [2.45, 2.75) is 380 Å². The Morgan fingerprint density at radius 2 is 0.467 bits per heavy atom. The second kappa shape index (κ2) is 81.0. The van der Waals surface area contributed by atoms with E-state index in [1.165, 1.54) is 231 Å². The Labute approximate surface area is 571 Å². The molecule has 0 amide bonds. The first-order valence-electron chi connectivity index (χ1n) is 39.4. The third-order valence-electron chi connectivity index (χ3n) is 17.1. The van der Waals surface area contributed by atoms with Gasteiger partial charge in [0.15, 0.2) is 6.10 Å². The van der Waals surface area contributed by atoms with Gasteiger partial charge in [0.2, 0.25) is 0 Å². The standard InChI is InChI=1S/C87H148O5/c1-3-5-7-9-11-13-15-17-19-21-23-25-27-29-31-33-35-37-39-41-43-45-47-49-51-53-55-57-59-61-63-65-67-69-71-73-75-77-79-81-86(89)91-84-85(83-88)92-87(90)82-80-78-76-74-72-70-68-66-64-62-60-58-56-54-52-50-48-46-44-42-40-38-36-34-32-30-28-26-24-22-20-18-16-14-12-10-8-6-4-2/h6,8,12,14-15,17-18,20-21,23-24,26,30,32,36,38,42,44,48,50,54,56,60,62,85,88H,3-5,7,9-11,13,16,19,22,25,27-29,31,33-35,37,39-41,43,45-47,49,51-53,55,57-59,61,63-84H2,1-2H3/b8-6-,14-12-,17-15-,20-18-,23-21-,26-24-,32-30-,38-36-,44-42-,50-48-,56-54-,62-60-. The summed E-state index contributed by atoms with van der Waals surface area (Å²) in [5, 5.41) is 9.73. The maximum Gasteiger partial charge on any atom is 0.306 e. The monoisotopic (exact) mass is 1270 g/mol. The third kappa shape index (κ3) is 78.2. The van der Waals surface area contributed by atoms with E-state index in [1.807, 2.05) is 0 Å². The summed E-state index contributed by atoms with van der Waals surface area (Å²) in [5.74, 6) is -0.593. The molecule has 5 nitrogen and oxygen atoms in total. The van der Waals surface area contributed by atoms with E-state index >= 15 is 0 Å². The van der Waals surface area contributed by atoms with Gasteiger partial charge in [0.25, 0.3) is 0 Å². The highest BCUT2D eigenvalue weighted by molar-refractivity contribution is 5.70. The van der Waals surface area contributed by atoms with Gasteiger partial charge in [-0.1, -0.05) is 384 Å². The average Bonchev–Trinajstić information content (AvgIpc) is 3.75. The molecular formula is C87H148O5. The summed E-state index contributed by atoms with van der Waals surface area (Å²) in [7, 11) is 0. The van der Waals surface area contributed by atoms with Crippen molar-refractivity contribution < 1.29 is 24.2 Å². The van der Waals surface area contributed by atoms with E-state index in [2.05, 4.69) is 160 Å². The predicted molar refractivity (Wildman–Crippen MR) is 408 cm³/mol. The number of ether oxygens (including phenoxy) is 2. The lowest BCUT2D eigenvalue weighted by Gasteiger charge is -2.15. The third-order valence-corrected chi connectivity index (χ3v) is 17.1. The van der Waals surface area contributed by atoms with Crippen molar-refractivity contribution in [1.82, 2.24) is 0 Å². The van der Waals surface area contributed by atoms with Gasteiger partial charge in [0.1, 0.15) is 6.61 Å². The second-order valence-corrected chi connectivity index (χ2v) is 26.1. The van der Waals surface area contributed by atoms with Gasteiger partial charge in [-0.2, -0.15) is 0 Å². The number of aliphatic hydroxyl groups excluding tert-OH is 1. The summed E-state index contributed by atoms with van der Waals surface area (Å²) in [6, 6.07) is 0. The Kier molecular flexibility index (Phi) is 77.3. The first-order valence-corrected chi connectivity index (χ1v) is 39.4. The van der Waals surface area contributed by atoms with Gasteiger partial charge in [-0.25, -0.2) is 0 Å². The lowest BCUT2D eigenvalue weighted by Crippen LogP contribution is -2.28. The first kappa shape index (κ1) is 87.8. The van der Waals surface area contributed by atoms with Crippen molar-refractivity contribution in [3.63, 3.8) is 0 Å². The molecule has 0 aromatic rings. The summed E-state index contributed by atoms with van der Waals surface area (Å²) in [6.45, 7) is 4.04. The highest BCUT2D eigenvalue weighted by Crippen LogP contribution is 2.18. The molecule has 1 atom stereocenters. The lowest BCUT2D eigenvalue weighted by atomic mass is 10.0. The minimum absolute atomic E-state index is 0.0728. The number of carbonyl (C=O) groups is 2. The van der Waals surface area contributed by atoms with Crippen molar-refractivity contribution in [2.24, 2.45) is 0 Å². The van der Waals surface area contributed by atoms with Crippen LogP contribution in [0.2, 0.25) is 0 Å². The van der Waals surface area contributed by atoms with Crippen LogP contribution in [0.15, 0.2) is 146 Å². The SMILES string of the molecule is CC/C=C\C/C=C\C/C=C\C/C=C\C/C=C\C/C=C\C/C=C\C/C=C\C/C=C\C/C=C\CCCCCCCCCCC(=O)OC(CO)COC(=O)CCCCCCCCCCCCCCCCCCCCCCCCCCCCC/C=C\C/C=C\CCCCCCC. The molecule has 92 heavy (non-hydrogen) atoms. The molecule has 0 aliphatic heterocycles. The Morgan fingerprint density at radius 1 is 0.261 bits per heavy atom. The van der Waals surface area contributed by atoms with Crippen LogP contribution in [0.25, 0.3) is 0 Å². The van der Waals surface area contributed by atoms with Crippen LogP contribution >= 0.6 is 0 Å². The zero-order chi connectivity index (χ0) is 66.1. The maximum atomic E-state index is 12.4. The highest BCUT2D eigenvalue weighted by atomic mass is 16.6. The molecule has 0 spiro atoms. The van der Waals surface area contributed by atoms with Crippen LogP contribution in [0.4, 0.5) is 0 Å². The summed E-state index contributed by atoms with van der Waals surface area (Å²) in [5.41, 5.74) is 0. The number of aliphatic hydroxyl groups is 1. The molecule has 0 aliphatic rings. The molecule has 0 aromatic carbocycles. The minimum atomic E-state index is -0.786. The molecule has 1 unspecified atom stereocenters. The zero-order valence-electron chi connectivity index (χ0n) is 60.5. The predicted octanol–water partition coefficient (Wildman–Crippen LogP) is 28.0. The fraction of sp³-hybridized carbons (Fsp3) is 0.701. The van der Waals surface area contributed by atoms with E-state index in [0.29, 0.717) is 12.8 Å². The molecule has 5 heteroatoms. The number of unbranched alkanes of at least 4 members (excludes halogenated alkanes) is 40. The van der Waals surface area contributed by atoms with Gasteiger partial charge in [0, 0.05) is 12.8 Å². The molecule has 0 rings (SSSR count). The van der Waals surface area contributed by atoms with Gasteiger partial charge in [-0.15, -0.1) is 0 Å². The Bertz CT molecular complexity index is 1880. The molecule has 0 radical (unpaired) electrons. The lowest BCUT2D eigenvalue weighted by molar-refractivity contribution is -0.161. The topological polar surface area (TPSA) is 72.8 Å². The summed E-state index contributed by atoms with van der Waals surface area (Å²) >= 11 is 0. The quantitative estimate of drug-likeness (QED) is 0.0373. The fourth-order valence-electron chi connectivity index (χ4n) is 11.3. The number of carbonyl (C=O) groups excluding carboxylic acids is 2. The smallest absolute Gasteiger partial charge is 0.306 e. The molecule has 0 saturated heterocycles. The van der Waals surface area contributed by atoms with Crippen molar-refractivity contribution in [3.05, 3.63) is 146 Å². The molecule has 526 valence electrons. The van der Waals surface area contributed by atoms with Crippen molar-refractivity contribution in [2.75, 3.05) is 13.2 Å². The van der Waals surface area contributed by atoms with Crippen LogP contribution in [0, 0.1) is 0 Å². The second-order valence-electron chi connectivity index (χ2n) is 26.1. The van der Waals surface area contributed by atoms with Crippen molar-refractivity contribution >= 4 is 11.9 Å². The molecule has 0 saturated carbocycles. The van der Waals surface area contributed by atoms with E-state index in [-0.39, 0.29) is 25.2 Å². The number of hydrogen-bond donors (Lipinski definition) is 1. The molecule has 0 fully saturated rings. The van der Waals surface area contributed by atoms with E-state index in [9.17, 15) is 14.7 Å². The molecular weight excluding hydrogens is 1120 g/mol. The van der Waals surface area contributed by atoms with E-state index in [0.717, 1.165) is 116 Å². The highest BCUT2D eigenvalue weighted by Gasteiger charge is 2.16. The minimum Gasteiger partial charge on any atom is -0.462 e. The molecule has 0 heterocycles. The van der Waals surface area contributed by atoms with Gasteiger partial charge in [-0.3, -0.25) is 9.59 Å². The van der Waals surface area contributed by atoms with Crippen LogP contribution in [0.5, 0.6) is 0 Å². The van der Waals surface area contributed by atoms with Crippen LogP contribution in [-0.2, 0) is 19.1 Å². The van der Waals surface area contributed by atoms with Crippen molar-refractivity contribution in [1.29, 1.82) is 0 Å². The van der Waals surface area contributed by atoms with E-state index in [1.54, 1.807) is 0 Å². The number of hydrogen-bond acceptors (Lipinski definition) is 5. The zero-order valence-corrected chi connectivity index (χ0v) is 60.5. The van der Waals surface area contributed by atoms with Gasteiger partial charge < -0.3 is 14.6 Å². The molecule has 0 bridgehead atoms. The van der Waals surface area contributed by atoms with Gasteiger partial charge in [0.05, 0.1) is 6.61 Å². The van der Waals surface area contributed by atoms with Gasteiger partial charge in [-0.05, 0) is 122 Å². The normalized spacial score (nSPS) is 13.0. The summed E-state index contributed by atoms with van der Waals surface area (Å²) < 4.78 is 10.8. The van der Waals surface area contributed by atoms with E-state index < -0.39 is 6.10 Å². The Hall–Kier alpha value is -4.22. The van der Waals surface area contributed by atoms with Gasteiger partial charge >= 0.3 is 11.9 Å². The van der Waals surface area contributed by atoms with E-state index in [4.69, 9.17) is 9.47 Å².